The van der Waals surface area contributed by atoms with Crippen LogP contribution >= 0.6 is 0 Å². The van der Waals surface area contributed by atoms with Crippen molar-refractivity contribution in [2.24, 2.45) is 7.05 Å². The molecular formula is C7H12N6O. The van der Waals surface area contributed by atoms with E-state index < -0.39 is 0 Å². The Bertz CT molecular complexity index is 348. The highest BCUT2D eigenvalue weighted by Gasteiger charge is 2.28. The van der Waals surface area contributed by atoms with Crippen LogP contribution < -0.4 is 10.7 Å². The van der Waals surface area contributed by atoms with Crippen LogP contribution in [0.5, 0.6) is 0 Å². The maximum absolute atomic E-state index is 11.4. The van der Waals surface area contributed by atoms with Crippen LogP contribution in [-0.2, 0) is 11.8 Å². The molecule has 1 aliphatic rings. The van der Waals surface area contributed by atoms with Crippen molar-refractivity contribution in [1.82, 2.24) is 25.4 Å². The SMILES string of the molecule is CN1CC(Nc2cnnn2C)C(=O)N1. The number of hydrogen-bond donors (Lipinski definition) is 2. The number of aryl methyl sites for hydroxylation is 1. The topological polar surface area (TPSA) is 75.1 Å². The van der Waals surface area contributed by atoms with Gasteiger partial charge < -0.3 is 5.32 Å². The molecule has 1 fully saturated rings. The third kappa shape index (κ3) is 1.53. The molecule has 14 heavy (non-hydrogen) atoms. The van der Waals surface area contributed by atoms with E-state index in [0.29, 0.717) is 6.54 Å². The van der Waals surface area contributed by atoms with Crippen molar-refractivity contribution < 1.29 is 4.79 Å². The zero-order chi connectivity index (χ0) is 10.1. The van der Waals surface area contributed by atoms with Crippen molar-refractivity contribution in [2.45, 2.75) is 6.04 Å². The van der Waals surface area contributed by atoms with Crippen LogP contribution in [-0.4, -0.2) is 45.5 Å². The van der Waals surface area contributed by atoms with Crippen LogP contribution in [0, 0.1) is 0 Å². The largest absolute Gasteiger partial charge is 0.356 e. The van der Waals surface area contributed by atoms with Gasteiger partial charge in [-0.2, -0.15) is 0 Å². The van der Waals surface area contributed by atoms with Crippen molar-refractivity contribution in [3.05, 3.63) is 6.20 Å². The van der Waals surface area contributed by atoms with Gasteiger partial charge in [0.25, 0.3) is 5.91 Å². The van der Waals surface area contributed by atoms with Crippen LogP contribution in [0.4, 0.5) is 5.82 Å². The summed E-state index contributed by atoms with van der Waals surface area (Å²) in [6.07, 6.45) is 1.59. The minimum absolute atomic E-state index is 0.0336. The monoisotopic (exact) mass is 196 g/mol. The van der Waals surface area contributed by atoms with Gasteiger partial charge in [0.15, 0.2) is 0 Å². The van der Waals surface area contributed by atoms with E-state index in [2.05, 4.69) is 21.1 Å². The van der Waals surface area contributed by atoms with Crippen molar-refractivity contribution in [1.29, 1.82) is 0 Å². The molecule has 0 radical (unpaired) electrons. The summed E-state index contributed by atoms with van der Waals surface area (Å²) in [6, 6.07) is -0.239. The molecule has 2 heterocycles. The van der Waals surface area contributed by atoms with Crippen LogP contribution in [0.15, 0.2) is 6.20 Å². The predicted molar refractivity (Wildman–Crippen MR) is 49.2 cm³/mol. The molecule has 0 saturated carbocycles. The number of nitrogens with one attached hydrogen (secondary N) is 2. The Labute approximate surface area is 81.0 Å². The molecule has 1 atom stereocenters. The number of likely N-dealkylation sites (N-methyl/N-ethyl adjacent to an activating group) is 1. The minimum Gasteiger partial charge on any atom is -0.356 e. The van der Waals surface area contributed by atoms with Gasteiger partial charge in [0.2, 0.25) is 0 Å². The molecule has 1 aliphatic heterocycles. The van der Waals surface area contributed by atoms with E-state index in [0.717, 1.165) is 5.82 Å². The zero-order valence-corrected chi connectivity index (χ0v) is 8.06. The first-order chi connectivity index (χ1) is 6.66. The number of carbonyl (C=O) groups is 1. The van der Waals surface area contributed by atoms with E-state index in [9.17, 15) is 4.79 Å². The van der Waals surface area contributed by atoms with E-state index in [-0.39, 0.29) is 11.9 Å². The second-order valence-corrected chi connectivity index (χ2v) is 3.30. The lowest BCUT2D eigenvalue weighted by molar-refractivity contribution is -0.121. The number of hydrogen-bond acceptors (Lipinski definition) is 5. The molecule has 1 aromatic rings. The first kappa shape index (κ1) is 8.95. The number of nitrogens with zero attached hydrogens (tertiary/aromatic N) is 4. The maximum Gasteiger partial charge on any atom is 0.258 e. The summed E-state index contributed by atoms with van der Waals surface area (Å²) in [5, 5.41) is 12.3. The molecule has 0 aromatic carbocycles. The van der Waals surface area contributed by atoms with Crippen LogP contribution in [0.3, 0.4) is 0 Å². The molecule has 0 bridgehead atoms. The Kier molecular flexibility index (Phi) is 2.08. The first-order valence-corrected chi connectivity index (χ1v) is 4.29. The first-order valence-electron chi connectivity index (χ1n) is 4.29. The number of hydrazine groups is 1. The summed E-state index contributed by atoms with van der Waals surface area (Å²) in [4.78, 5) is 11.4. The molecule has 0 aliphatic carbocycles. The van der Waals surface area contributed by atoms with Gasteiger partial charge in [0, 0.05) is 20.6 Å². The molecule has 2 N–H and O–H groups in total. The number of aromatic nitrogens is 3. The van der Waals surface area contributed by atoms with Crippen LogP contribution in [0.2, 0.25) is 0 Å². The molecule has 76 valence electrons. The average molecular weight is 196 g/mol. The quantitative estimate of drug-likeness (QED) is 0.606. The molecule has 1 saturated heterocycles. The number of amides is 1. The van der Waals surface area contributed by atoms with Gasteiger partial charge in [-0.3, -0.25) is 10.2 Å². The summed E-state index contributed by atoms with van der Waals surface area (Å²) in [7, 11) is 3.59. The van der Waals surface area contributed by atoms with Crippen molar-refractivity contribution >= 4 is 11.7 Å². The van der Waals surface area contributed by atoms with E-state index in [1.165, 1.54) is 0 Å². The molecule has 2 rings (SSSR count). The van der Waals surface area contributed by atoms with Crippen molar-refractivity contribution in [3.63, 3.8) is 0 Å². The van der Waals surface area contributed by atoms with Gasteiger partial charge in [-0.25, -0.2) is 9.69 Å². The zero-order valence-electron chi connectivity index (χ0n) is 8.06. The second kappa shape index (κ2) is 3.26. The van der Waals surface area contributed by atoms with E-state index in [1.54, 1.807) is 22.9 Å². The lowest BCUT2D eigenvalue weighted by atomic mass is 10.3. The highest BCUT2D eigenvalue weighted by molar-refractivity contribution is 5.85. The molecule has 1 amide bonds. The van der Waals surface area contributed by atoms with Gasteiger partial charge in [0.05, 0.1) is 6.20 Å². The summed E-state index contributed by atoms with van der Waals surface area (Å²) >= 11 is 0. The van der Waals surface area contributed by atoms with Gasteiger partial charge in [-0.1, -0.05) is 5.21 Å². The smallest absolute Gasteiger partial charge is 0.258 e. The van der Waals surface area contributed by atoms with Crippen LogP contribution in [0.25, 0.3) is 0 Å². The third-order valence-electron chi connectivity index (χ3n) is 2.11. The van der Waals surface area contributed by atoms with Crippen molar-refractivity contribution in [3.8, 4) is 0 Å². The van der Waals surface area contributed by atoms with E-state index >= 15 is 0 Å². The Morgan fingerprint density at radius 3 is 2.93 bits per heavy atom. The Hall–Kier alpha value is -1.63. The number of rotatable bonds is 2. The third-order valence-corrected chi connectivity index (χ3v) is 2.11. The number of anilines is 1. The molecular weight excluding hydrogens is 184 g/mol. The normalized spacial score (nSPS) is 22.4. The highest BCUT2D eigenvalue weighted by atomic mass is 16.2. The van der Waals surface area contributed by atoms with Crippen LogP contribution in [0.1, 0.15) is 0 Å². The maximum atomic E-state index is 11.4. The summed E-state index contributed by atoms with van der Waals surface area (Å²) in [5.41, 5.74) is 2.68. The predicted octanol–water partition coefficient (Wildman–Crippen LogP) is -1.43. The fourth-order valence-corrected chi connectivity index (χ4v) is 1.38. The Balaban J connectivity index is 2.05. The molecule has 1 aromatic heterocycles. The van der Waals surface area contributed by atoms with Gasteiger partial charge in [-0.15, -0.1) is 5.10 Å². The molecule has 7 nitrogen and oxygen atoms in total. The average Bonchev–Trinajstić information content (AvgIpc) is 2.62. The van der Waals surface area contributed by atoms with E-state index in [1.807, 2.05) is 7.05 Å². The summed E-state index contributed by atoms with van der Waals surface area (Å²) < 4.78 is 1.59. The van der Waals surface area contributed by atoms with Crippen molar-refractivity contribution in [2.75, 3.05) is 18.9 Å². The highest BCUT2D eigenvalue weighted by Crippen LogP contribution is 2.07. The Morgan fingerprint density at radius 2 is 2.43 bits per heavy atom. The van der Waals surface area contributed by atoms with E-state index in [4.69, 9.17) is 0 Å². The number of carbonyl (C=O) groups excluding carboxylic acids is 1. The fraction of sp³-hybridized carbons (Fsp3) is 0.571. The van der Waals surface area contributed by atoms with Gasteiger partial charge >= 0.3 is 0 Å². The fourth-order valence-electron chi connectivity index (χ4n) is 1.38. The molecule has 7 heteroatoms. The second-order valence-electron chi connectivity index (χ2n) is 3.30. The summed E-state index contributed by atoms with van der Waals surface area (Å²) in [5.74, 6) is 0.703. The van der Waals surface area contributed by atoms with Gasteiger partial charge in [0.1, 0.15) is 11.9 Å². The molecule has 0 spiro atoms. The standard InChI is InChI=1S/C7H12N6O/c1-12-4-5(7(14)10-12)9-6-3-8-11-13(6)2/h3,5,9H,4H2,1-2H3,(H,10,14). The Morgan fingerprint density at radius 1 is 1.64 bits per heavy atom. The minimum atomic E-state index is -0.239. The summed E-state index contributed by atoms with van der Waals surface area (Å²) in [6.45, 7) is 0.629. The lowest BCUT2D eigenvalue weighted by Crippen LogP contribution is -2.32. The molecule has 1 unspecified atom stereocenters. The van der Waals surface area contributed by atoms with Gasteiger partial charge in [-0.05, 0) is 0 Å². The lowest BCUT2D eigenvalue weighted by Gasteiger charge is -2.09.